The second-order valence-electron chi connectivity index (χ2n) is 3.45. The van der Waals surface area contributed by atoms with Gasteiger partial charge in [-0.1, -0.05) is 5.16 Å². The number of nitrogens with one attached hydrogen (secondary N) is 2. The maximum atomic E-state index is 11.6. The average molecular weight is 256 g/mol. The van der Waals surface area contributed by atoms with E-state index < -0.39 is 10.0 Å². The Labute approximate surface area is 98.3 Å². The van der Waals surface area contributed by atoms with Crippen molar-refractivity contribution in [2.24, 2.45) is 0 Å². The molecule has 0 fully saturated rings. The number of hydrogen-bond donors (Lipinski definition) is 2. The summed E-state index contributed by atoms with van der Waals surface area (Å²) in [5.41, 5.74) is 0.950. The lowest BCUT2D eigenvalue weighted by Crippen LogP contribution is -2.25. The molecule has 2 aromatic rings. The summed E-state index contributed by atoms with van der Waals surface area (Å²) in [5.74, 6) is 0. The lowest BCUT2D eigenvalue weighted by Gasteiger charge is -2.03. The van der Waals surface area contributed by atoms with Crippen LogP contribution in [-0.2, 0) is 16.4 Å². The van der Waals surface area contributed by atoms with E-state index in [9.17, 15) is 8.42 Å². The Morgan fingerprint density at radius 1 is 1.41 bits per heavy atom. The molecule has 0 aliphatic rings. The van der Waals surface area contributed by atoms with Gasteiger partial charge >= 0.3 is 0 Å². The predicted octanol–water partition coefficient (Wildman–Crippen LogP) is 0.309. The molecule has 8 heteroatoms. The highest BCUT2D eigenvalue weighted by Gasteiger charge is 2.14. The van der Waals surface area contributed by atoms with Gasteiger partial charge in [-0.05, 0) is 12.8 Å². The van der Waals surface area contributed by atoms with Gasteiger partial charge in [-0.15, -0.1) is 0 Å². The highest BCUT2D eigenvalue weighted by molar-refractivity contribution is 7.89. The molecule has 0 aromatic carbocycles. The van der Waals surface area contributed by atoms with E-state index >= 15 is 0 Å². The third kappa shape index (κ3) is 3.14. The smallest absolute Gasteiger partial charge is 0.257 e. The molecule has 17 heavy (non-hydrogen) atoms. The summed E-state index contributed by atoms with van der Waals surface area (Å²) in [6, 6.07) is 0. The molecule has 0 aliphatic heterocycles. The zero-order chi connectivity index (χ0) is 12.1. The van der Waals surface area contributed by atoms with Crippen molar-refractivity contribution in [3.8, 4) is 0 Å². The third-order valence-electron chi connectivity index (χ3n) is 2.18. The number of aromatic amines is 1. The minimum absolute atomic E-state index is 0.0717. The average Bonchev–Trinajstić information content (AvgIpc) is 2.97. The van der Waals surface area contributed by atoms with Crippen LogP contribution in [-0.4, -0.2) is 30.1 Å². The number of hydrogen-bond acceptors (Lipinski definition) is 5. The van der Waals surface area contributed by atoms with E-state index in [0.29, 0.717) is 13.0 Å². The van der Waals surface area contributed by atoms with E-state index in [0.717, 1.165) is 12.0 Å². The number of imidazole rings is 1. The first kappa shape index (κ1) is 11.8. The fourth-order valence-corrected chi connectivity index (χ4v) is 2.29. The van der Waals surface area contributed by atoms with Gasteiger partial charge in [0, 0.05) is 12.1 Å². The van der Waals surface area contributed by atoms with Gasteiger partial charge in [0.25, 0.3) is 10.0 Å². The summed E-state index contributed by atoms with van der Waals surface area (Å²) >= 11 is 0. The van der Waals surface area contributed by atoms with Crippen LogP contribution in [0.3, 0.4) is 0 Å². The molecular formula is C9H12N4O3S. The molecule has 0 amide bonds. The van der Waals surface area contributed by atoms with Crippen molar-refractivity contribution in [1.29, 1.82) is 0 Å². The first-order chi connectivity index (χ1) is 8.18. The van der Waals surface area contributed by atoms with Crippen molar-refractivity contribution in [2.75, 3.05) is 6.54 Å². The van der Waals surface area contributed by atoms with Crippen molar-refractivity contribution < 1.29 is 12.9 Å². The Bertz CT molecular complexity index is 533. The molecule has 0 radical (unpaired) electrons. The SMILES string of the molecule is O=S(=O)(NCCCc1cnoc1)c1cnc[nH]1. The lowest BCUT2D eigenvalue weighted by molar-refractivity contribution is 0.418. The maximum absolute atomic E-state index is 11.6. The van der Waals surface area contributed by atoms with Crippen molar-refractivity contribution in [3.05, 3.63) is 30.5 Å². The summed E-state index contributed by atoms with van der Waals surface area (Å²) < 4.78 is 30.4. The number of sulfonamides is 1. The Morgan fingerprint density at radius 3 is 2.94 bits per heavy atom. The van der Waals surface area contributed by atoms with Gasteiger partial charge < -0.3 is 9.51 Å². The number of nitrogens with zero attached hydrogens (tertiary/aromatic N) is 2. The monoisotopic (exact) mass is 256 g/mol. The van der Waals surface area contributed by atoms with Gasteiger partial charge in [0.05, 0.1) is 18.7 Å². The molecule has 92 valence electrons. The Hall–Kier alpha value is -1.67. The molecule has 0 bridgehead atoms. The molecule has 0 saturated heterocycles. The molecule has 0 atom stereocenters. The number of aryl methyl sites for hydroxylation is 1. The van der Waals surface area contributed by atoms with Gasteiger partial charge in [-0.2, -0.15) is 0 Å². The van der Waals surface area contributed by atoms with Crippen LogP contribution in [0.25, 0.3) is 0 Å². The van der Waals surface area contributed by atoms with Crippen molar-refractivity contribution >= 4 is 10.0 Å². The summed E-state index contributed by atoms with van der Waals surface area (Å²) in [6.45, 7) is 0.354. The molecule has 2 aromatic heterocycles. The van der Waals surface area contributed by atoms with Crippen LogP contribution in [0, 0.1) is 0 Å². The first-order valence-electron chi connectivity index (χ1n) is 5.05. The Morgan fingerprint density at radius 2 is 2.29 bits per heavy atom. The zero-order valence-corrected chi connectivity index (χ0v) is 9.77. The lowest BCUT2D eigenvalue weighted by atomic mass is 10.2. The van der Waals surface area contributed by atoms with Gasteiger partial charge in [0.1, 0.15) is 6.26 Å². The standard InChI is InChI=1S/C9H12N4O3S/c14-17(15,9-5-10-7-11-9)13-3-1-2-8-4-12-16-6-8/h4-7,13H,1-3H2,(H,10,11). The topological polar surface area (TPSA) is 101 Å². The minimum atomic E-state index is -3.47. The number of aromatic nitrogens is 3. The second-order valence-corrected chi connectivity index (χ2v) is 5.19. The molecule has 7 nitrogen and oxygen atoms in total. The molecule has 2 heterocycles. The van der Waals surface area contributed by atoms with E-state index in [1.54, 1.807) is 12.5 Å². The maximum Gasteiger partial charge on any atom is 0.257 e. The predicted molar refractivity (Wildman–Crippen MR) is 58.6 cm³/mol. The third-order valence-corrected chi connectivity index (χ3v) is 3.57. The first-order valence-corrected chi connectivity index (χ1v) is 6.53. The van der Waals surface area contributed by atoms with Crippen LogP contribution in [0.1, 0.15) is 12.0 Å². The van der Waals surface area contributed by atoms with Gasteiger partial charge in [-0.25, -0.2) is 18.1 Å². The van der Waals surface area contributed by atoms with Gasteiger partial charge in [-0.3, -0.25) is 0 Å². The van der Waals surface area contributed by atoms with Crippen molar-refractivity contribution in [1.82, 2.24) is 19.8 Å². The second kappa shape index (κ2) is 5.11. The summed E-state index contributed by atoms with van der Waals surface area (Å²) in [5, 5.41) is 3.64. The highest BCUT2D eigenvalue weighted by Crippen LogP contribution is 2.03. The van der Waals surface area contributed by atoms with Crippen LogP contribution >= 0.6 is 0 Å². The Balaban J connectivity index is 1.79. The van der Waals surface area contributed by atoms with Crippen molar-refractivity contribution in [3.63, 3.8) is 0 Å². The number of H-pyrrole nitrogens is 1. The summed E-state index contributed by atoms with van der Waals surface area (Å²) in [4.78, 5) is 6.21. The summed E-state index contributed by atoms with van der Waals surface area (Å²) in [7, 11) is -3.47. The fourth-order valence-electron chi connectivity index (χ4n) is 1.32. The largest absolute Gasteiger partial charge is 0.364 e. The summed E-state index contributed by atoms with van der Waals surface area (Å²) in [6.07, 6.45) is 7.14. The highest BCUT2D eigenvalue weighted by atomic mass is 32.2. The van der Waals surface area contributed by atoms with Crippen molar-refractivity contribution in [2.45, 2.75) is 17.9 Å². The van der Waals surface area contributed by atoms with E-state index in [-0.39, 0.29) is 5.03 Å². The fraction of sp³-hybridized carbons (Fsp3) is 0.333. The molecule has 2 N–H and O–H groups in total. The molecule has 0 saturated carbocycles. The molecule has 0 unspecified atom stereocenters. The number of rotatable bonds is 6. The van der Waals surface area contributed by atoms with E-state index in [1.807, 2.05) is 0 Å². The van der Waals surface area contributed by atoms with Crippen LogP contribution in [0.5, 0.6) is 0 Å². The molecule has 2 rings (SSSR count). The van der Waals surface area contributed by atoms with Crippen LogP contribution in [0.15, 0.2) is 34.5 Å². The van der Waals surface area contributed by atoms with Crippen LogP contribution in [0.4, 0.5) is 0 Å². The van der Waals surface area contributed by atoms with Crippen LogP contribution < -0.4 is 4.72 Å². The molecular weight excluding hydrogens is 244 g/mol. The molecule has 0 aliphatic carbocycles. The van der Waals surface area contributed by atoms with E-state index in [4.69, 9.17) is 0 Å². The van der Waals surface area contributed by atoms with E-state index in [1.165, 1.54) is 12.5 Å². The van der Waals surface area contributed by atoms with Crippen LogP contribution in [0.2, 0.25) is 0 Å². The molecule has 0 spiro atoms. The van der Waals surface area contributed by atoms with E-state index in [2.05, 4.69) is 24.4 Å². The zero-order valence-electron chi connectivity index (χ0n) is 8.96. The van der Waals surface area contributed by atoms with Gasteiger partial charge in [0.15, 0.2) is 5.03 Å². The minimum Gasteiger partial charge on any atom is -0.364 e. The Kier molecular flexibility index (Phi) is 3.55. The van der Waals surface area contributed by atoms with Gasteiger partial charge in [0.2, 0.25) is 0 Å². The normalized spacial score (nSPS) is 11.8. The quantitative estimate of drug-likeness (QED) is 0.724.